The van der Waals surface area contributed by atoms with Crippen molar-refractivity contribution in [1.29, 1.82) is 0 Å². The zero-order chi connectivity index (χ0) is 9.84. The van der Waals surface area contributed by atoms with Crippen molar-refractivity contribution in [2.24, 2.45) is 4.99 Å². The van der Waals surface area contributed by atoms with E-state index in [0.29, 0.717) is 5.56 Å². The van der Waals surface area contributed by atoms with Crippen LogP contribution in [0, 0.1) is 12.7 Å². The first kappa shape index (κ1) is 9.29. The normalized spacial score (nSPS) is 9.08. The molecule has 0 aliphatic heterocycles. The largest absolute Gasteiger partial charge is 0.287 e. The van der Waals surface area contributed by atoms with E-state index in [4.69, 9.17) is 0 Å². The van der Waals surface area contributed by atoms with Crippen molar-refractivity contribution in [1.82, 2.24) is 0 Å². The quantitative estimate of drug-likeness (QED) is 0.485. The molecule has 1 aromatic rings. The molecule has 0 fully saturated rings. The zero-order valence-electron chi connectivity index (χ0n) is 6.87. The van der Waals surface area contributed by atoms with E-state index in [1.807, 2.05) is 0 Å². The summed E-state index contributed by atoms with van der Waals surface area (Å²) in [6, 6.07) is 3.75. The first-order valence-corrected chi connectivity index (χ1v) is 3.53. The van der Waals surface area contributed by atoms with Gasteiger partial charge in [-0.25, -0.2) is 9.18 Å². The third-order valence-electron chi connectivity index (χ3n) is 1.44. The fourth-order valence-electron chi connectivity index (χ4n) is 0.966. The van der Waals surface area contributed by atoms with Crippen molar-refractivity contribution in [2.45, 2.75) is 6.92 Å². The molecule has 4 heteroatoms. The summed E-state index contributed by atoms with van der Waals surface area (Å²) in [6.07, 6.45) is 1.11. The summed E-state index contributed by atoms with van der Waals surface area (Å²) in [4.78, 5) is 23.6. The van der Waals surface area contributed by atoms with Crippen molar-refractivity contribution in [2.75, 3.05) is 0 Å². The molecule has 0 aromatic heterocycles. The highest BCUT2D eigenvalue weighted by Crippen LogP contribution is 2.09. The van der Waals surface area contributed by atoms with Gasteiger partial charge in [0.1, 0.15) is 5.82 Å². The van der Waals surface area contributed by atoms with E-state index in [1.54, 1.807) is 6.92 Å². The van der Waals surface area contributed by atoms with E-state index >= 15 is 0 Å². The third-order valence-corrected chi connectivity index (χ3v) is 1.44. The number of carbonyl (C=O) groups excluding carboxylic acids is 2. The summed E-state index contributed by atoms with van der Waals surface area (Å²) in [7, 11) is 0. The van der Waals surface area contributed by atoms with Crippen molar-refractivity contribution in [3.8, 4) is 0 Å². The van der Waals surface area contributed by atoms with Gasteiger partial charge in [0.15, 0.2) is 0 Å². The topological polar surface area (TPSA) is 46.5 Å². The molecule has 13 heavy (non-hydrogen) atoms. The molecule has 0 aliphatic carbocycles. The van der Waals surface area contributed by atoms with Crippen LogP contribution in [0.3, 0.4) is 0 Å². The highest BCUT2D eigenvalue weighted by atomic mass is 19.1. The van der Waals surface area contributed by atoms with Gasteiger partial charge in [0, 0.05) is 5.56 Å². The summed E-state index contributed by atoms with van der Waals surface area (Å²) in [5.41, 5.74) is 0.658. The molecule has 0 atom stereocenters. The molecule has 0 saturated heterocycles. The van der Waals surface area contributed by atoms with Gasteiger partial charge in [-0.1, -0.05) is 0 Å². The smallest absolute Gasteiger partial charge is 0.266 e. The van der Waals surface area contributed by atoms with Gasteiger partial charge in [0.05, 0.1) is 0 Å². The summed E-state index contributed by atoms with van der Waals surface area (Å²) in [5.74, 6) is -1.30. The minimum Gasteiger partial charge on any atom is -0.266 e. The van der Waals surface area contributed by atoms with Crippen molar-refractivity contribution in [3.63, 3.8) is 0 Å². The summed E-state index contributed by atoms with van der Waals surface area (Å²) < 4.78 is 12.7. The molecule has 3 nitrogen and oxygen atoms in total. The van der Waals surface area contributed by atoms with Crippen LogP contribution in [0.2, 0.25) is 0 Å². The van der Waals surface area contributed by atoms with Gasteiger partial charge in [0.2, 0.25) is 6.08 Å². The Morgan fingerprint density at radius 2 is 2.15 bits per heavy atom. The van der Waals surface area contributed by atoms with Crippen LogP contribution >= 0.6 is 0 Å². The molecular weight excluding hydrogens is 173 g/mol. The fraction of sp³-hybridized carbons (Fsp3) is 0.111. The second-order valence-electron chi connectivity index (χ2n) is 2.53. The van der Waals surface area contributed by atoms with Gasteiger partial charge in [-0.3, -0.25) is 4.79 Å². The lowest BCUT2D eigenvalue weighted by Gasteiger charge is -1.96. The number of amides is 1. The van der Waals surface area contributed by atoms with Crippen LogP contribution in [-0.4, -0.2) is 12.0 Å². The number of carbonyl (C=O) groups is 1. The first-order valence-electron chi connectivity index (χ1n) is 3.53. The summed E-state index contributed by atoms with van der Waals surface area (Å²) in [5, 5.41) is 0. The Kier molecular flexibility index (Phi) is 2.67. The Balaban J connectivity index is 3.15. The van der Waals surface area contributed by atoms with Gasteiger partial charge in [0.25, 0.3) is 5.91 Å². The van der Waals surface area contributed by atoms with Crippen LogP contribution in [0.25, 0.3) is 0 Å². The lowest BCUT2D eigenvalue weighted by molar-refractivity contribution is 0.100. The van der Waals surface area contributed by atoms with E-state index in [1.165, 1.54) is 12.1 Å². The standard InChI is InChI=1S/C9H6FNO2/c1-6-2-7(4-8(10)3-6)9(13)11-5-12/h2-4H,1H3. The number of rotatable bonds is 1. The number of nitrogens with zero attached hydrogens (tertiary/aromatic N) is 1. The van der Waals surface area contributed by atoms with E-state index in [9.17, 15) is 14.0 Å². The maximum atomic E-state index is 12.7. The Hall–Kier alpha value is -1.80. The number of halogens is 1. The van der Waals surface area contributed by atoms with Crippen LogP contribution in [-0.2, 0) is 4.79 Å². The molecule has 0 spiro atoms. The Morgan fingerprint density at radius 3 is 2.69 bits per heavy atom. The average Bonchev–Trinajstić information content (AvgIpc) is 2.03. The Labute approximate surface area is 73.9 Å². The van der Waals surface area contributed by atoms with Crippen molar-refractivity contribution in [3.05, 3.63) is 35.1 Å². The minimum absolute atomic E-state index is 0.0563. The number of hydrogen-bond donors (Lipinski definition) is 0. The van der Waals surface area contributed by atoms with Gasteiger partial charge in [-0.15, -0.1) is 4.99 Å². The lowest BCUT2D eigenvalue weighted by atomic mass is 10.1. The number of benzene rings is 1. The summed E-state index contributed by atoms with van der Waals surface area (Å²) in [6.45, 7) is 1.64. The SMILES string of the molecule is Cc1cc(F)cc(C(=O)N=C=O)c1. The summed E-state index contributed by atoms with van der Waals surface area (Å²) >= 11 is 0. The van der Waals surface area contributed by atoms with Gasteiger partial charge in [-0.05, 0) is 30.7 Å². The van der Waals surface area contributed by atoms with E-state index in [-0.39, 0.29) is 5.56 Å². The highest BCUT2D eigenvalue weighted by Gasteiger charge is 2.05. The average molecular weight is 179 g/mol. The van der Waals surface area contributed by atoms with Crippen LogP contribution < -0.4 is 0 Å². The molecule has 0 radical (unpaired) electrons. The fourth-order valence-corrected chi connectivity index (χ4v) is 0.966. The second-order valence-corrected chi connectivity index (χ2v) is 2.53. The third kappa shape index (κ3) is 2.32. The molecule has 0 aliphatic rings. The van der Waals surface area contributed by atoms with Gasteiger partial charge in [-0.2, -0.15) is 0 Å². The molecule has 66 valence electrons. The Bertz CT molecular complexity index is 374. The highest BCUT2D eigenvalue weighted by molar-refractivity contribution is 5.97. The zero-order valence-corrected chi connectivity index (χ0v) is 6.87. The van der Waals surface area contributed by atoms with Gasteiger partial charge >= 0.3 is 0 Å². The number of aliphatic imine (C=N–C) groups is 1. The molecular formula is C9H6FNO2. The van der Waals surface area contributed by atoms with E-state index in [2.05, 4.69) is 4.99 Å². The van der Waals surface area contributed by atoms with E-state index in [0.717, 1.165) is 12.1 Å². The van der Waals surface area contributed by atoms with Crippen LogP contribution in [0.5, 0.6) is 0 Å². The first-order chi connectivity index (χ1) is 6.13. The molecule has 1 rings (SSSR count). The van der Waals surface area contributed by atoms with Crippen molar-refractivity contribution >= 4 is 12.0 Å². The predicted octanol–water partition coefficient (Wildman–Crippen LogP) is 1.61. The number of isocyanates is 1. The maximum absolute atomic E-state index is 12.7. The number of hydrogen-bond acceptors (Lipinski definition) is 2. The maximum Gasteiger partial charge on any atom is 0.287 e. The second kappa shape index (κ2) is 3.74. The van der Waals surface area contributed by atoms with Crippen molar-refractivity contribution < 1.29 is 14.0 Å². The molecule has 0 bridgehead atoms. The lowest BCUT2D eigenvalue weighted by Crippen LogP contribution is -1.95. The Morgan fingerprint density at radius 1 is 1.46 bits per heavy atom. The monoisotopic (exact) mass is 179 g/mol. The number of aryl methyl sites for hydroxylation is 1. The van der Waals surface area contributed by atoms with Crippen LogP contribution in [0.1, 0.15) is 15.9 Å². The van der Waals surface area contributed by atoms with Crippen LogP contribution in [0.4, 0.5) is 4.39 Å². The molecule has 0 heterocycles. The van der Waals surface area contributed by atoms with Gasteiger partial charge < -0.3 is 0 Å². The minimum atomic E-state index is -0.780. The predicted molar refractivity (Wildman–Crippen MR) is 43.6 cm³/mol. The van der Waals surface area contributed by atoms with Crippen LogP contribution in [0.15, 0.2) is 23.2 Å². The molecule has 1 aromatic carbocycles. The molecule has 0 unspecified atom stereocenters. The molecule has 1 amide bonds. The van der Waals surface area contributed by atoms with E-state index < -0.39 is 11.7 Å². The molecule has 0 saturated carbocycles. The molecule has 0 N–H and O–H groups in total.